The van der Waals surface area contributed by atoms with Gasteiger partial charge in [-0.1, -0.05) is 34.1 Å². The minimum Gasteiger partial charge on any atom is -0.480 e. The number of carbonyl (C=O) groups is 1. The third kappa shape index (κ3) is 19.4. The maximum Gasteiger partial charge on any atom is 0.320 e. The highest BCUT2D eigenvalue weighted by Crippen LogP contribution is 2.01. The van der Waals surface area contributed by atoms with E-state index in [1.807, 2.05) is 6.92 Å². The van der Waals surface area contributed by atoms with Gasteiger partial charge < -0.3 is 37.4 Å². The molecule has 0 aliphatic rings. The molecule has 8 nitrogen and oxygen atoms in total. The lowest BCUT2D eigenvalue weighted by Crippen LogP contribution is -2.46. The van der Waals surface area contributed by atoms with Gasteiger partial charge in [-0.3, -0.25) is 4.79 Å². The highest BCUT2D eigenvalue weighted by Gasteiger charge is 2.19. The van der Waals surface area contributed by atoms with E-state index in [1.165, 1.54) is 19.6 Å². The normalized spacial score (nSPS) is 11.9. The molecule has 9 N–H and O–H groups in total. The molecular formula is C17H42N4O4. The van der Waals surface area contributed by atoms with Gasteiger partial charge in [-0.05, 0) is 45.4 Å². The number of aliphatic hydroxyl groups excluding tert-OH is 2. The number of carboxylic acids is 1. The first-order valence-corrected chi connectivity index (χ1v) is 9.13. The second-order valence-corrected chi connectivity index (χ2v) is 5.88. The second kappa shape index (κ2) is 19.6. The van der Waals surface area contributed by atoms with Crippen molar-refractivity contribution in [2.45, 2.75) is 65.0 Å². The number of rotatable bonds is 11. The first-order valence-electron chi connectivity index (χ1n) is 9.13. The Morgan fingerprint density at radius 1 is 1.04 bits per heavy atom. The van der Waals surface area contributed by atoms with Gasteiger partial charge in [-0.15, -0.1) is 0 Å². The van der Waals surface area contributed by atoms with Crippen LogP contribution in [-0.4, -0.2) is 77.2 Å². The molecule has 0 amide bonds. The summed E-state index contributed by atoms with van der Waals surface area (Å²) in [5.41, 5.74) is 15.1. The molecule has 0 aromatic rings. The highest BCUT2D eigenvalue weighted by molar-refractivity contribution is 5.72. The zero-order valence-corrected chi connectivity index (χ0v) is 16.6. The van der Waals surface area contributed by atoms with Crippen LogP contribution in [-0.2, 0) is 4.79 Å². The predicted molar refractivity (Wildman–Crippen MR) is 103 cm³/mol. The fourth-order valence-corrected chi connectivity index (χ4v) is 1.58. The number of hydrogen-bond donors (Lipinski definition) is 6. The fourth-order valence-electron chi connectivity index (χ4n) is 1.58. The molecule has 0 saturated heterocycles. The summed E-state index contributed by atoms with van der Waals surface area (Å²) < 4.78 is 0. The van der Waals surface area contributed by atoms with E-state index in [4.69, 9.17) is 32.5 Å². The van der Waals surface area contributed by atoms with Crippen LogP contribution in [0.15, 0.2) is 0 Å². The standard InChI is InChI=1S/C6H14N2O2.C6H15N.C5H13NO2/c7-4-2-1-3-5(8)6(9)10;1-4-7(5-2)6-3;1-2-5(6,3-7)4-8/h5H,1-4,7-8H2,(H,9,10);4-6H2,1-3H3;7-8H,2-4,6H2,1H3/t5-;;/m0../s1. The summed E-state index contributed by atoms with van der Waals surface area (Å²) in [5, 5.41) is 25.3. The van der Waals surface area contributed by atoms with Gasteiger partial charge in [0.25, 0.3) is 0 Å². The molecule has 0 bridgehead atoms. The molecule has 0 rings (SSSR count). The van der Waals surface area contributed by atoms with Crippen LogP contribution < -0.4 is 17.2 Å². The Kier molecular flexibility index (Phi) is 22.7. The van der Waals surface area contributed by atoms with Gasteiger partial charge in [-0.25, -0.2) is 0 Å². The van der Waals surface area contributed by atoms with Crippen molar-refractivity contribution in [2.24, 2.45) is 17.2 Å². The van der Waals surface area contributed by atoms with Crippen LogP contribution in [0.1, 0.15) is 53.4 Å². The molecule has 0 heterocycles. The summed E-state index contributed by atoms with van der Waals surface area (Å²) in [7, 11) is 0. The van der Waals surface area contributed by atoms with Gasteiger partial charge in [0.05, 0.1) is 18.8 Å². The zero-order valence-electron chi connectivity index (χ0n) is 16.6. The Morgan fingerprint density at radius 3 is 1.64 bits per heavy atom. The summed E-state index contributed by atoms with van der Waals surface area (Å²) in [6.45, 7) is 12.2. The number of unbranched alkanes of at least 4 members (excludes halogenated alkanes) is 1. The maximum absolute atomic E-state index is 10.1. The summed E-state index contributed by atoms with van der Waals surface area (Å²) in [5.74, 6) is -0.933. The first-order chi connectivity index (χ1) is 11.7. The molecule has 0 saturated carbocycles. The largest absolute Gasteiger partial charge is 0.480 e. The SMILES string of the molecule is CCC(N)(CO)CO.CCN(CC)CC.NCCCC[C@H](N)C(=O)O. The fraction of sp³-hybridized carbons (Fsp3) is 0.941. The van der Waals surface area contributed by atoms with Gasteiger partial charge in [0.15, 0.2) is 0 Å². The monoisotopic (exact) mass is 366 g/mol. The molecule has 0 spiro atoms. The Labute approximate surface area is 153 Å². The van der Waals surface area contributed by atoms with E-state index >= 15 is 0 Å². The van der Waals surface area contributed by atoms with Crippen molar-refractivity contribution in [1.82, 2.24) is 4.90 Å². The van der Waals surface area contributed by atoms with Crippen LogP contribution >= 0.6 is 0 Å². The molecule has 25 heavy (non-hydrogen) atoms. The van der Waals surface area contributed by atoms with Gasteiger partial charge in [0.2, 0.25) is 0 Å². The molecule has 0 radical (unpaired) electrons. The predicted octanol–water partition coefficient (Wildman–Crippen LogP) is -0.0461. The van der Waals surface area contributed by atoms with Gasteiger partial charge >= 0.3 is 5.97 Å². The Balaban J connectivity index is -0.000000296. The van der Waals surface area contributed by atoms with E-state index in [9.17, 15) is 4.79 Å². The minimum atomic E-state index is -0.933. The second-order valence-electron chi connectivity index (χ2n) is 5.88. The van der Waals surface area contributed by atoms with E-state index < -0.39 is 17.6 Å². The van der Waals surface area contributed by atoms with E-state index in [-0.39, 0.29) is 13.2 Å². The van der Waals surface area contributed by atoms with Gasteiger partial charge in [0, 0.05) is 0 Å². The Bertz CT molecular complexity index is 272. The number of aliphatic hydroxyl groups is 2. The van der Waals surface area contributed by atoms with E-state index in [1.54, 1.807) is 0 Å². The zero-order chi connectivity index (χ0) is 20.3. The van der Waals surface area contributed by atoms with Crippen LogP contribution in [0.5, 0.6) is 0 Å². The van der Waals surface area contributed by atoms with Crippen molar-refractivity contribution in [3.05, 3.63) is 0 Å². The average Bonchev–Trinajstić information content (AvgIpc) is 2.63. The van der Waals surface area contributed by atoms with E-state index in [2.05, 4.69) is 25.7 Å². The van der Waals surface area contributed by atoms with Crippen LogP contribution in [0.25, 0.3) is 0 Å². The maximum atomic E-state index is 10.1. The van der Waals surface area contributed by atoms with Crippen LogP contribution in [0.4, 0.5) is 0 Å². The highest BCUT2D eigenvalue weighted by atomic mass is 16.4. The third-order valence-electron chi connectivity index (χ3n) is 3.96. The molecule has 0 aliphatic heterocycles. The number of nitrogens with zero attached hydrogens (tertiary/aromatic N) is 1. The molecule has 154 valence electrons. The van der Waals surface area contributed by atoms with Crippen molar-refractivity contribution in [3.63, 3.8) is 0 Å². The lowest BCUT2D eigenvalue weighted by atomic mass is 10.0. The molecule has 0 aromatic heterocycles. The van der Waals surface area contributed by atoms with Crippen LogP contribution in [0, 0.1) is 0 Å². The molecule has 0 aliphatic carbocycles. The van der Waals surface area contributed by atoms with Crippen molar-refractivity contribution in [3.8, 4) is 0 Å². The Morgan fingerprint density at radius 2 is 1.48 bits per heavy atom. The summed E-state index contributed by atoms with van der Waals surface area (Å²) in [6.07, 6.45) is 2.76. The topological polar surface area (TPSA) is 159 Å². The molecule has 0 unspecified atom stereocenters. The van der Waals surface area contributed by atoms with Crippen molar-refractivity contribution < 1.29 is 20.1 Å². The van der Waals surface area contributed by atoms with Gasteiger partial charge in [0.1, 0.15) is 6.04 Å². The van der Waals surface area contributed by atoms with Crippen molar-refractivity contribution in [2.75, 3.05) is 39.4 Å². The van der Waals surface area contributed by atoms with E-state index in [0.29, 0.717) is 19.4 Å². The van der Waals surface area contributed by atoms with E-state index in [0.717, 1.165) is 12.8 Å². The number of nitrogens with two attached hydrogens (primary N) is 3. The van der Waals surface area contributed by atoms with Crippen LogP contribution in [0.3, 0.4) is 0 Å². The Hall–Kier alpha value is -0.770. The van der Waals surface area contributed by atoms with Crippen molar-refractivity contribution in [1.29, 1.82) is 0 Å². The first kappa shape index (κ1) is 29.0. The molecular weight excluding hydrogens is 324 g/mol. The van der Waals surface area contributed by atoms with Gasteiger partial charge in [-0.2, -0.15) is 0 Å². The lowest BCUT2D eigenvalue weighted by Gasteiger charge is -2.21. The number of hydrogen-bond acceptors (Lipinski definition) is 7. The quantitative estimate of drug-likeness (QED) is 0.278. The molecule has 0 aromatic carbocycles. The third-order valence-corrected chi connectivity index (χ3v) is 3.96. The summed E-state index contributed by atoms with van der Waals surface area (Å²) in [4.78, 5) is 12.5. The smallest absolute Gasteiger partial charge is 0.320 e. The number of carboxylic acid groups (broad SMARTS) is 1. The number of aliphatic carboxylic acids is 1. The molecule has 1 atom stereocenters. The van der Waals surface area contributed by atoms with Crippen LogP contribution in [0.2, 0.25) is 0 Å². The molecule has 8 heteroatoms. The average molecular weight is 367 g/mol. The lowest BCUT2D eigenvalue weighted by molar-refractivity contribution is -0.138. The summed E-state index contributed by atoms with van der Waals surface area (Å²) >= 11 is 0. The molecule has 0 fully saturated rings. The minimum absolute atomic E-state index is 0.153. The summed E-state index contributed by atoms with van der Waals surface area (Å²) in [6, 6.07) is -0.716. The van der Waals surface area contributed by atoms with Crippen molar-refractivity contribution >= 4 is 5.97 Å².